The van der Waals surface area contributed by atoms with Gasteiger partial charge in [0, 0.05) is 23.5 Å². The number of fused-ring (bicyclic) bond motifs is 2. The van der Waals surface area contributed by atoms with E-state index in [0.29, 0.717) is 30.0 Å². The van der Waals surface area contributed by atoms with Gasteiger partial charge in [0.1, 0.15) is 6.17 Å². The second-order valence-electron chi connectivity index (χ2n) is 9.30. The average Bonchev–Trinajstić information content (AvgIpc) is 3.52. The maximum absolute atomic E-state index is 13.7. The summed E-state index contributed by atoms with van der Waals surface area (Å²) in [6.07, 6.45) is 0.0828. The molecule has 35 heavy (non-hydrogen) atoms. The molecule has 1 aromatic heterocycles. The summed E-state index contributed by atoms with van der Waals surface area (Å²) in [6, 6.07) is 13.0. The van der Waals surface area contributed by atoms with Crippen molar-refractivity contribution >= 4 is 21.4 Å². The summed E-state index contributed by atoms with van der Waals surface area (Å²) in [7, 11) is -3.06. The molecule has 2 atom stereocenters. The molecule has 0 aliphatic carbocycles. The number of nitrogens with one attached hydrogen (secondary N) is 1. The Hall–Kier alpha value is -3.53. The van der Waals surface area contributed by atoms with E-state index in [2.05, 4.69) is 5.32 Å². The highest BCUT2D eigenvalue weighted by Gasteiger charge is 2.38. The minimum Gasteiger partial charge on any atom is -0.454 e. The second-order valence-corrected chi connectivity index (χ2v) is 11.5. The molecule has 4 heterocycles. The van der Waals surface area contributed by atoms with Gasteiger partial charge in [-0.2, -0.15) is 5.10 Å². The predicted octanol–water partition coefficient (Wildman–Crippen LogP) is 3.35. The Morgan fingerprint density at radius 2 is 1.91 bits per heavy atom. The number of amides is 1. The number of sulfone groups is 1. The first-order chi connectivity index (χ1) is 16.8. The molecule has 9 nitrogen and oxygen atoms in total. The molecule has 6 rings (SSSR count). The summed E-state index contributed by atoms with van der Waals surface area (Å²) < 4.78 is 37.0. The van der Waals surface area contributed by atoms with Gasteiger partial charge in [0.25, 0.3) is 5.91 Å². The smallest absolute Gasteiger partial charge is 0.258 e. The Balaban J connectivity index is 1.41. The number of aromatic nitrogens is 2. The van der Waals surface area contributed by atoms with Crippen LogP contribution in [0.4, 0.5) is 5.69 Å². The van der Waals surface area contributed by atoms with Gasteiger partial charge in [0.2, 0.25) is 6.79 Å². The monoisotopic (exact) mass is 494 g/mol. The van der Waals surface area contributed by atoms with E-state index in [9.17, 15) is 13.2 Å². The van der Waals surface area contributed by atoms with Crippen molar-refractivity contribution in [2.75, 3.05) is 23.6 Å². The van der Waals surface area contributed by atoms with Crippen molar-refractivity contribution < 1.29 is 22.7 Å². The maximum atomic E-state index is 13.7. The third-order valence-corrected chi connectivity index (χ3v) is 8.77. The Morgan fingerprint density at radius 3 is 2.71 bits per heavy atom. The van der Waals surface area contributed by atoms with Gasteiger partial charge in [-0.25, -0.2) is 8.42 Å². The van der Waals surface area contributed by atoms with Crippen LogP contribution in [-0.4, -0.2) is 47.3 Å². The van der Waals surface area contributed by atoms with E-state index in [1.165, 1.54) is 0 Å². The molecule has 0 unspecified atom stereocenters. The predicted molar refractivity (Wildman–Crippen MR) is 129 cm³/mol. The molecular weight excluding hydrogens is 468 g/mol. The molecule has 3 aromatic rings. The van der Waals surface area contributed by atoms with E-state index < -0.39 is 16.0 Å². The van der Waals surface area contributed by atoms with Crippen LogP contribution in [0.3, 0.4) is 0 Å². The molecule has 0 saturated carbocycles. The topological polar surface area (TPSA) is 103 Å². The third-order valence-electron chi connectivity index (χ3n) is 7.02. The second kappa shape index (κ2) is 8.01. The first-order valence-corrected chi connectivity index (χ1v) is 13.4. The molecule has 3 aliphatic rings. The number of nitrogens with zero attached hydrogens (tertiary/aromatic N) is 3. The van der Waals surface area contributed by atoms with Crippen LogP contribution >= 0.6 is 0 Å². The van der Waals surface area contributed by atoms with Gasteiger partial charge < -0.3 is 19.7 Å². The average molecular weight is 495 g/mol. The van der Waals surface area contributed by atoms with Crippen molar-refractivity contribution in [2.24, 2.45) is 0 Å². The molecule has 0 bridgehead atoms. The zero-order valence-corrected chi connectivity index (χ0v) is 20.3. The quantitative estimate of drug-likeness (QED) is 0.593. The first-order valence-electron chi connectivity index (χ1n) is 11.6. The van der Waals surface area contributed by atoms with E-state index in [4.69, 9.17) is 14.6 Å². The summed E-state index contributed by atoms with van der Waals surface area (Å²) in [5.74, 6) is 1.54. The molecule has 1 fully saturated rings. The lowest BCUT2D eigenvalue weighted by molar-refractivity contribution is 0.0665. The minimum absolute atomic E-state index is 0.0861. The van der Waals surface area contributed by atoms with Gasteiger partial charge in [-0.3, -0.25) is 9.48 Å². The van der Waals surface area contributed by atoms with Crippen molar-refractivity contribution in [1.82, 2.24) is 14.7 Å². The molecule has 1 N–H and O–H groups in total. The Bertz CT molecular complexity index is 1450. The molecule has 3 aliphatic heterocycles. The summed E-state index contributed by atoms with van der Waals surface area (Å²) in [5, 5.41) is 8.29. The minimum atomic E-state index is -3.06. The Labute approximate surface area is 203 Å². The SMILES string of the molecule is Cc1nn([C@H]2CCS(=O)(=O)C2)c(C)c1[C@@H]1Nc2ccccc2C(=O)N1Cc1ccc2c(c1)OCO2. The molecular formula is C25H26N4O5S. The van der Waals surface area contributed by atoms with Crippen LogP contribution in [-0.2, 0) is 16.4 Å². The molecule has 2 aromatic carbocycles. The molecule has 1 saturated heterocycles. The van der Waals surface area contributed by atoms with Crippen LogP contribution in [0.2, 0.25) is 0 Å². The van der Waals surface area contributed by atoms with E-state index in [-0.39, 0.29) is 30.2 Å². The van der Waals surface area contributed by atoms with Crippen molar-refractivity contribution in [2.45, 2.75) is 39.0 Å². The highest BCUT2D eigenvalue weighted by atomic mass is 32.2. The van der Waals surface area contributed by atoms with Gasteiger partial charge >= 0.3 is 0 Å². The van der Waals surface area contributed by atoms with E-state index in [1.807, 2.05) is 61.0 Å². The molecule has 1 amide bonds. The fraction of sp³-hybridized carbons (Fsp3) is 0.360. The van der Waals surface area contributed by atoms with Gasteiger partial charge in [0.15, 0.2) is 21.3 Å². The zero-order chi connectivity index (χ0) is 24.3. The number of aryl methyl sites for hydroxylation is 1. The van der Waals surface area contributed by atoms with Gasteiger partial charge in [-0.15, -0.1) is 0 Å². The summed E-state index contributed by atoms with van der Waals surface area (Å²) in [6.45, 7) is 4.40. The number of rotatable bonds is 4. The van der Waals surface area contributed by atoms with Crippen molar-refractivity contribution in [3.05, 3.63) is 70.5 Å². The van der Waals surface area contributed by atoms with Crippen LogP contribution in [0.5, 0.6) is 11.5 Å². The fourth-order valence-electron chi connectivity index (χ4n) is 5.31. The highest BCUT2D eigenvalue weighted by Crippen LogP contribution is 2.39. The van der Waals surface area contributed by atoms with Crippen molar-refractivity contribution in [3.8, 4) is 11.5 Å². The lowest BCUT2D eigenvalue weighted by Gasteiger charge is -2.38. The van der Waals surface area contributed by atoms with E-state index >= 15 is 0 Å². The molecule has 0 radical (unpaired) electrons. The standard InChI is InChI=1S/C25H26N4O5S/c1-15-23(16(2)29(27-15)18-9-10-35(31,32)13-18)24-26-20-6-4-3-5-19(20)25(30)28(24)12-17-7-8-21-22(11-17)34-14-33-21/h3-8,11,18,24,26H,9-10,12-14H2,1-2H3/t18-,24+/m0/s1. The van der Waals surface area contributed by atoms with Crippen LogP contribution < -0.4 is 14.8 Å². The van der Waals surface area contributed by atoms with Gasteiger partial charge in [-0.05, 0) is 50.1 Å². The number of anilines is 1. The molecule has 10 heteroatoms. The number of hydrogen-bond donors (Lipinski definition) is 1. The van der Waals surface area contributed by atoms with Gasteiger partial charge in [0.05, 0.1) is 28.8 Å². The number of ether oxygens (including phenoxy) is 2. The summed E-state index contributed by atoms with van der Waals surface area (Å²) in [5.41, 5.74) is 4.81. The number of hydrogen-bond acceptors (Lipinski definition) is 7. The van der Waals surface area contributed by atoms with Crippen LogP contribution in [0, 0.1) is 13.8 Å². The fourth-order valence-corrected chi connectivity index (χ4v) is 7.01. The molecule has 0 spiro atoms. The third kappa shape index (κ3) is 3.72. The normalized spacial score (nSPS) is 22.2. The Morgan fingerprint density at radius 1 is 1.11 bits per heavy atom. The number of benzene rings is 2. The van der Waals surface area contributed by atoms with Crippen molar-refractivity contribution in [3.63, 3.8) is 0 Å². The number of para-hydroxylation sites is 1. The summed E-state index contributed by atoms with van der Waals surface area (Å²) in [4.78, 5) is 15.5. The van der Waals surface area contributed by atoms with Gasteiger partial charge in [-0.1, -0.05) is 18.2 Å². The first kappa shape index (κ1) is 22.0. The van der Waals surface area contributed by atoms with Crippen LogP contribution in [0.15, 0.2) is 42.5 Å². The van der Waals surface area contributed by atoms with E-state index in [1.54, 1.807) is 4.90 Å². The number of carbonyl (C=O) groups excluding carboxylic acids is 1. The zero-order valence-electron chi connectivity index (χ0n) is 19.5. The largest absolute Gasteiger partial charge is 0.454 e. The van der Waals surface area contributed by atoms with E-state index in [0.717, 1.165) is 28.2 Å². The van der Waals surface area contributed by atoms with Crippen molar-refractivity contribution in [1.29, 1.82) is 0 Å². The Kier molecular flexibility index (Phi) is 5.03. The molecule has 182 valence electrons. The highest BCUT2D eigenvalue weighted by molar-refractivity contribution is 7.91. The summed E-state index contributed by atoms with van der Waals surface area (Å²) >= 11 is 0. The lowest BCUT2D eigenvalue weighted by Crippen LogP contribution is -2.42. The number of carbonyl (C=O) groups is 1. The maximum Gasteiger partial charge on any atom is 0.258 e. The van der Waals surface area contributed by atoms with Crippen LogP contribution in [0.1, 0.15) is 51.5 Å². The van der Waals surface area contributed by atoms with Crippen LogP contribution in [0.25, 0.3) is 0 Å². The lowest BCUT2D eigenvalue weighted by atomic mass is 10.0.